The first kappa shape index (κ1) is 8.53. The third-order valence-corrected chi connectivity index (χ3v) is 2.54. The summed E-state index contributed by atoms with van der Waals surface area (Å²) >= 11 is 0. The summed E-state index contributed by atoms with van der Waals surface area (Å²) in [6, 6.07) is 0. The van der Waals surface area contributed by atoms with Crippen molar-refractivity contribution in [1.29, 1.82) is 0 Å². The Morgan fingerprint density at radius 3 is 1.91 bits per heavy atom. The zero-order valence-electron chi connectivity index (χ0n) is 7.18. The second kappa shape index (κ2) is 2.21. The van der Waals surface area contributed by atoms with Crippen molar-refractivity contribution in [2.24, 2.45) is 10.8 Å². The van der Waals surface area contributed by atoms with E-state index in [-0.39, 0.29) is 5.41 Å². The van der Waals surface area contributed by atoms with Crippen LogP contribution in [0, 0.1) is 10.8 Å². The van der Waals surface area contributed by atoms with Crippen LogP contribution >= 0.6 is 0 Å². The Hall–Kier alpha value is -0.570. The van der Waals surface area contributed by atoms with Crippen molar-refractivity contribution in [2.45, 2.75) is 20.8 Å². The topological polar surface area (TPSA) is 46.5 Å². The van der Waals surface area contributed by atoms with Gasteiger partial charge in [0.15, 0.2) is 0 Å². The first-order valence-electron chi connectivity index (χ1n) is 3.71. The van der Waals surface area contributed by atoms with E-state index in [2.05, 4.69) is 0 Å². The average Bonchev–Trinajstić information content (AvgIpc) is 1.52. The summed E-state index contributed by atoms with van der Waals surface area (Å²) in [5.41, 5.74) is -0.857. The van der Waals surface area contributed by atoms with Crippen LogP contribution < -0.4 is 0 Å². The minimum atomic E-state index is -0.740. The molecule has 0 saturated carbocycles. The predicted molar refractivity (Wildman–Crippen MR) is 40.3 cm³/mol. The van der Waals surface area contributed by atoms with Gasteiger partial charge in [0.05, 0.1) is 13.2 Å². The standard InChI is InChI=1S/C8H14O3/c1-7(2,3)8(6(9)10)4-11-5-8/h4-5H2,1-3H3,(H,9,10). The molecule has 0 radical (unpaired) electrons. The molecule has 1 fully saturated rings. The highest BCUT2D eigenvalue weighted by Crippen LogP contribution is 2.44. The third-order valence-electron chi connectivity index (χ3n) is 2.54. The summed E-state index contributed by atoms with van der Waals surface area (Å²) in [6.45, 7) is 6.51. The van der Waals surface area contributed by atoms with E-state index in [9.17, 15) is 4.79 Å². The molecule has 0 aromatic carbocycles. The van der Waals surface area contributed by atoms with Gasteiger partial charge in [0.2, 0.25) is 0 Å². The van der Waals surface area contributed by atoms with Gasteiger partial charge >= 0.3 is 5.97 Å². The SMILES string of the molecule is CC(C)(C)C1(C(=O)O)COC1. The number of rotatable bonds is 1. The van der Waals surface area contributed by atoms with Gasteiger partial charge in [-0.15, -0.1) is 0 Å². The largest absolute Gasteiger partial charge is 0.481 e. The van der Waals surface area contributed by atoms with Gasteiger partial charge in [-0.25, -0.2) is 0 Å². The maximum absolute atomic E-state index is 10.9. The molecule has 0 aliphatic carbocycles. The molecule has 0 spiro atoms. The van der Waals surface area contributed by atoms with Crippen LogP contribution in [-0.4, -0.2) is 24.3 Å². The average molecular weight is 158 g/mol. The van der Waals surface area contributed by atoms with E-state index in [1.807, 2.05) is 20.8 Å². The minimum Gasteiger partial charge on any atom is -0.481 e. The van der Waals surface area contributed by atoms with Crippen LogP contribution in [0.3, 0.4) is 0 Å². The summed E-state index contributed by atoms with van der Waals surface area (Å²) in [5.74, 6) is -0.740. The number of hydrogen-bond acceptors (Lipinski definition) is 2. The van der Waals surface area contributed by atoms with E-state index >= 15 is 0 Å². The highest BCUT2D eigenvalue weighted by molar-refractivity contribution is 5.77. The molecule has 1 N–H and O–H groups in total. The maximum Gasteiger partial charge on any atom is 0.314 e. The zero-order chi connectivity index (χ0) is 8.70. The van der Waals surface area contributed by atoms with Crippen LogP contribution in [0.2, 0.25) is 0 Å². The second-order valence-electron chi connectivity index (χ2n) is 4.13. The number of carbonyl (C=O) groups is 1. The Morgan fingerprint density at radius 1 is 1.45 bits per heavy atom. The van der Waals surface area contributed by atoms with Gasteiger partial charge in [-0.1, -0.05) is 20.8 Å². The fraction of sp³-hybridized carbons (Fsp3) is 0.875. The Labute approximate surface area is 66.4 Å². The lowest BCUT2D eigenvalue weighted by molar-refractivity contribution is -0.203. The molecule has 1 saturated heterocycles. The van der Waals surface area contributed by atoms with Gasteiger partial charge in [-0.3, -0.25) is 4.79 Å². The molecule has 1 aliphatic heterocycles. The number of ether oxygens (including phenoxy) is 1. The lowest BCUT2D eigenvalue weighted by Gasteiger charge is -2.47. The fourth-order valence-electron chi connectivity index (χ4n) is 1.18. The molecule has 0 bridgehead atoms. The first-order valence-corrected chi connectivity index (χ1v) is 3.71. The van der Waals surface area contributed by atoms with Gasteiger partial charge < -0.3 is 9.84 Å². The zero-order valence-corrected chi connectivity index (χ0v) is 7.18. The van der Waals surface area contributed by atoms with Crippen LogP contribution in [0.1, 0.15) is 20.8 Å². The molecule has 3 nitrogen and oxygen atoms in total. The minimum absolute atomic E-state index is 0.211. The Bertz CT molecular complexity index is 174. The van der Waals surface area contributed by atoms with Crippen molar-refractivity contribution in [2.75, 3.05) is 13.2 Å². The van der Waals surface area contributed by atoms with Crippen molar-refractivity contribution in [3.8, 4) is 0 Å². The van der Waals surface area contributed by atoms with Crippen molar-refractivity contribution >= 4 is 5.97 Å². The predicted octanol–water partition coefficient (Wildman–Crippen LogP) is 1.13. The molecule has 0 atom stereocenters. The summed E-state index contributed by atoms with van der Waals surface area (Å²) < 4.78 is 4.95. The number of carboxylic acids is 1. The van der Waals surface area contributed by atoms with E-state index in [1.54, 1.807) is 0 Å². The molecule has 0 aromatic heterocycles. The molecule has 64 valence electrons. The van der Waals surface area contributed by atoms with E-state index in [0.717, 1.165) is 0 Å². The molecular weight excluding hydrogens is 144 g/mol. The Kier molecular flexibility index (Phi) is 1.71. The van der Waals surface area contributed by atoms with E-state index in [0.29, 0.717) is 13.2 Å². The molecule has 0 unspecified atom stereocenters. The normalized spacial score (nSPS) is 22.5. The summed E-state index contributed by atoms with van der Waals surface area (Å²) in [5, 5.41) is 8.94. The number of aliphatic carboxylic acids is 1. The smallest absolute Gasteiger partial charge is 0.314 e. The van der Waals surface area contributed by atoms with E-state index < -0.39 is 11.4 Å². The summed E-state index contributed by atoms with van der Waals surface area (Å²) in [4.78, 5) is 10.9. The van der Waals surface area contributed by atoms with Crippen molar-refractivity contribution < 1.29 is 14.6 Å². The highest BCUT2D eigenvalue weighted by Gasteiger charge is 2.54. The Balaban J connectivity index is 2.85. The van der Waals surface area contributed by atoms with Gasteiger partial charge in [0.25, 0.3) is 0 Å². The van der Waals surface area contributed by atoms with E-state index in [4.69, 9.17) is 9.84 Å². The van der Waals surface area contributed by atoms with Crippen LogP contribution in [0.5, 0.6) is 0 Å². The fourth-order valence-corrected chi connectivity index (χ4v) is 1.18. The van der Waals surface area contributed by atoms with Crippen LogP contribution in [0.15, 0.2) is 0 Å². The lowest BCUT2D eigenvalue weighted by Crippen LogP contribution is -2.57. The van der Waals surface area contributed by atoms with E-state index in [1.165, 1.54) is 0 Å². The Morgan fingerprint density at radius 2 is 1.91 bits per heavy atom. The molecule has 11 heavy (non-hydrogen) atoms. The van der Waals surface area contributed by atoms with Crippen LogP contribution in [0.25, 0.3) is 0 Å². The molecule has 0 aromatic rings. The van der Waals surface area contributed by atoms with Gasteiger partial charge in [-0.05, 0) is 5.41 Å². The third kappa shape index (κ3) is 1.03. The molecule has 1 aliphatic rings. The molecule has 0 amide bonds. The number of carboxylic acid groups (broad SMARTS) is 1. The molecule has 1 heterocycles. The van der Waals surface area contributed by atoms with Gasteiger partial charge in [0.1, 0.15) is 5.41 Å². The van der Waals surface area contributed by atoms with Crippen molar-refractivity contribution in [1.82, 2.24) is 0 Å². The van der Waals surface area contributed by atoms with Crippen molar-refractivity contribution in [3.05, 3.63) is 0 Å². The lowest BCUT2D eigenvalue weighted by atomic mass is 9.65. The molecule has 3 heteroatoms. The first-order chi connectivity index (χ1) is 4.90. The van der Waals surface area contributed by atoms with Crippen LogP contribution in [-0.2, 0) is 9.53 Å². The maximum atomic E-state index is 10.9. The van der Waals surface area contributed by atoms with Gasteiger partial charge in [-0.2, -0.15) is 0 Å². The second-order valence-corrected chi connectivity index (χ2v) is 4.13. The monoisotopic (exact) mass is 158 g/mol. The van der Waals surface area contributed by atoms with Crippen LogP contribution in [0.4, 0.5) is 0 Å². The van der Waals surface area contributed by atoms with Crippen molar-refractivity contribution in [3.63, 3.8) is 0 Å². The van der Waals surface area contributed by atoms with Gasteiger partial charge in [0, 0.05) is 0 Å². The molecule has 1 rings (SSSR count). The summed E-state index contributed by atoms with van der Waals surface area (Å²) in [6.07, 6.45) is 0. The molecular formula is C8H14O3. The summed E-state index contributed by atoms with van der Waals surface area (Å²) in [7, 11) is 0. The highest BCUT2D eigenvalue weighted by atomic mass is 16.5. The quantitative estimate of drug-likeness (QED) is 0.622. The number of hydrogen-bond donors (Lipinski definition) is 1.